The van der Waals surface area contributed by atoms with Gasteiger partial charge in [0, 0.05) is 17.5 Å². The number of esters is 2. The molecule has 1 aliphatic rings. The van der Waals surface area contributed by atoms with E-state index in [1.807, 2.05) is 0 Å². The number of ether oxygens (including phenoxy) is 1. The van der Waals surface area contributed by atoms with Gasteiger partial charge in [0.2, 0.25) is 5.91 Å². The number of aromatic nitrogens is 1. The molecule has 0 radical (unpaired) electrons. The predicted octanol–water partition coefficient (Wildman–Crippen LogP) is 0.772. The third kappa shape index (κ3) is 1.97. The van der Waals surface area contributed by atoms with Crippen molar-refractivity contribution in [3.63, 3.8) is 0 Å². The quantitative estimate of drug-likeness (QED) is 0.245. The molecule has 0 aliphatic carbocycles. The van der Waals surface area contributed by atoms with Crippen LogP contribution in [0.4, 0.5) is 0 Å². The molecule has 1 amide bonds. The monoisotopic (exact) mass is 232 g/mol. The van der Waals surface area contributed by atoms with Gasteiger partial charge in [-0.05, 0) is 22.3 Å². The van der Waals surface area contributed by atoms with Crippen molar-refractivity contribution < 1.29 is 19.1 Å². The van der Waals surface area contributed by atoms with Gasteiger partial charge in [0.05, 0.1) is 5.56 Å². The van der Waals surface area contributed by atoms with E-state index in [0.717, 1.165) is 0 Å². The topological polar surface area (TPSA) is 122 Å². The Bertz CT molecular complexity index is 589. The summed E-state index contributed by atoms with van der Waals surface area (Å²) < 4.78 is 4.33. The largest absolute Gasteiger partial charge is 0.384 e. The van der Waals surface area contributed by atoms with Gasteiger partial charge in [-0.1, -0.05) is 0 Å². The summed E-state index contributed by atoms with van der Waals surface area (Å²) in [5, 5.41) is 2.88. The normalized spacial score (nSPS) is 12.7. The van der Waals surface area contributed by atoms with Crippen LogP contribution in [0.3, 0.4) is 0 Å². The van der Waals surface area contributed by atoms with Gasteiger partial charge in [-0.25, -0.2) is 14.6 Å². The van der Waals surface area contributed by atoms with Crippen molar-refractivity contribution >= 4 is 17.8 Å². The molecular weight excluding hydrogens is 228 g/mol. The second kappa shape index (κ2) is 4.03. The summed E-state index contributed by atoms with van der Waals surface area (Å²) in [6.07, 6.45) is 1.06. The average Bonchev–Trinajstić information content (AvgIpc) is 2.55. The Morgan fingerprint density at radius 2 is 2.24 bits per heavy atom. The molecule has 0 N–H and O–H groups in total. The summed E-state index contributed by atoms with van der Waals surface area (Å²) in [6, 6.07) is 1.32. The zero-order valence-corrected chi connectivity index (χ0v) is 8.28. The lowest BCUT2D eigenvalue weighted by molar-refractivity contribution is -0.117. The van der Waals surface area contributed by atoms with Crippen molar-refractivity contribution in [3.8, 4) is 0 Å². The standard InChI is InChI=1S/C9H4N4O4/c10-13-12-6(14)2-4-1-5-7(11-3-4)9(16)17-8(5)15/h1,3H,2H2. The molecule has 0 unspecified atom stereocenters. The van der Waals surface area contributed by atoms with Crippen LogP contribution in [0.2, 0.25) is 0 Å². The minimum absolute atomic E-state index is 0.0150. The third-order valence-electron chi connectivity index (χ3n) is 2.05. The molecule has 8 nitrogen and oxygen atoms in total. The molecule has 17 heavy (non-hydrogen) atoms. The van der Waals surface area contributed by atoms with Crippen LogP contribution in [-0.4, -0.2) is 22.8 Å². The van der Waals surface area contributed by atoms with Crippen LogP contribution in [0.25, 0.3) is 10.4 Å². The highest BCUT2D eigenvalue weighted by molar-refractivity contribution is 6.13. The Hall–Kier alpha value is -2.73. The van der Waals surface area contributed by atoms with E-state index in [-0.39, 0.29) is 17.7 Å². The van der Waals surface area contributed by atoms with Crippen molar-refractivity contribution in [1.82, 2.24) is 4.98 Å². The highest BCUT2D eigenvalue weighted by Gasteiger charge is 2.31. The zero-order valence-electron chi connectivity index (χ0n) is 8.28. The van der Waals surface area contributed by atoms with Gasteiger partial charge in [0.15, 0.2) is 5.69 Å². The molecule has 0 fully saturated rings. The number of carbonyl (C=O) groups excluding carboxylic acids is 3. The third-order valence-corrected chi connectivity index (χ3v) is 2.05. The lowest BCUT2D eigenvalue weighted by atomic mass is 10.1. The molecule has 2 heterocycles. The molecule has 0 spiro atoms. The fourth-order valence-corrected chi connectivity index (χ4v) is 1.37. The van der Waals surface area contributed by atoms with Gasteiger partial charge >= 0.3 is 11.9 Å². The number of azide groups is 1. The van der Waals surface area contributed by atoms with Crippen LogP contribution in [0.1, 0.15) is 26.4 Å². The number of carbonyl (C=O) groups is 3. The van der Waals surface area contributed by atoms with Crippen molar-refractivity contribution in [1.29, 1.82) is 0 Å². The SMILES string of the molecule is [N-]=[N+]=NC(=O)Cc1cnc2c(c1)C(=O)OC2=O. The van der Waals surface area contributed by atoms with E-state index >= 15 is 0 Å². The lowest BCUT2D eigenvalue weighted by Gasteiger charge is -1.97. The minimum atomic E-state index is -0.807. The first-order chi connectivity index (χ1) is 8.11. The van der Waals surface area contributed by atoms with E-state index < -0.39 is 17.8 Å². The Kier molecular flexibility index (Phi) is 2.55. The summed E-state index contributed by atoms with van der Waals surface area (Å²) in [6.45, 7) is 0. The number of nitrogens with zero attached hydrogens (tertiary/aromatic N) is 4. The van der Waals surface area contributed by atoms with Crippen LogP contribution in [0.5, 0.6) is 0 Å². The molecule has 2 rings (SSSR count). The Morgan fingerprint density at radius 1 is 1.47 bits per heavy atom. The van der Waals surface area contributed by atoms with E-state index in [0.29, 0.717) is 5.56 Å². The highest BCUT2D eigenvalue weighted by atomic mass is 16.6. The predicted molar refractivity (Wildman–Crippen MR) is 51.8 cm³/mol. The first-order valence-corrected chi connectivity index (χ1v) is 4.45. The molecule has 8 heteroatoms. The first-order valence-electron chi connectivity index (χ1n) is 4.45. The van der Waals surface area contributed by atoms with Gasteiger partial charge in [-0.2, -0.15) is 0 Å². The van der Waals surface area contributed by atoms with Crippen molar-refractivity contribution in [2.45, 2.75) is 6.42 Å². The number of rotatable bonds is 2. The molecule has 1 aromatic heterocycles. The summed E-state index contributed by atoms with van der Waals surface area (Å²) in [7, 11) is 0. The summed E-state index contributed by atoms with van der Waals surface area (Å²) in [4.78, 5) is 39.4. The molecular formula is C9H4N4O4. The molecule has 0 saturated heterocycles. The van der Waals surface area contributed by atoms with Gasteiger partial charge in [0.1, 0.15) is 0 Å². The Morgan fingerprint density at radius 3 is 2.94 bits per heavy atom. The molecule has 0 bridgehead atoms. The Balaban J connectivity index is 2.32. The number of fused-ring (bicyclic) bond motifs is 1. The van der Waals surface area contributed by atoms with Crippen LogP contribution < -0.4 is 0 Å². The summed E-state index contributed by atoms with van der Waals surface area (Å²) in [5.41, 5.74) is 8.36. The molecule has 84 valence electrons. The molecule has 1 aliphatic heterocycles. The van der Waals surface area contributed by atoms with Crippen LogP contribution >= 0.6 is 0 Å². The second-order valence-electron chi connectivity index (χ2n) is 3.18. The molecule has 0 saturated carbocycles. The fraction of sp³-hybridized carbons (Fsp3) is 0.111. The molecule has 1 aromatic rings. The smallest absolute Gasteiger partial charge is 0.365 e. The lowest BCUT2D eigenvalue weighted by Crippen LogP contribution is -2.02. The van der Waals surface area contributed by atoms with E-state index in [1.54, 1.807) is 0 Å². The maximum atomic E-state index is 11.2. The van der Waals surface area contributed by atoms with E-state index in [2.05, 4.69) is 19.7 Å². The Labute approximate surface area is 93.8 Å². The van der Waals surface area contributed by atoms with E-state index in [4.69, 9.17) is 5.53 Å². The highest BCUT2D eigenvalue weighted by Crippen LogP contribution is 2.18. The maximum absolute atomic E-state index is 11.2. The van der Waals surface area contributed by atoms with Crippen molar-refractivity contribution in [2.24, 2.45) is 5.11 Å². The number of hydrogen-bond donors (Lipinski definition) is 0. The number of pyridine rings is 1. The zero-order chi connectivity index (χ0) is 12.4. The minimum Gasteiger partial charge on any atom is -0.384 e. The first kappa shape index (κ1) is 10.8. The van der Waals surface area contributed by atoms with Crippen LogP contribution in [0.15, 0.2) is 17.4 Å². The van der Waals surface area contributed by atoms with E-state index in [1.165, 1.54) is 12.3 Å². The van der Waals surface area contributed by atoms with E-state index in [9.17, 15) is 14.4 Å². The average molecular weight is 232 g/mol. The second-order valence-corrected chi connectivity index (χ2v) is 3.18. The van der Waals surface area contributed by atoms with Gasteiger partial charge in [0.25, 0.3) is 0 Å². The molecule has 0 atom stereocenters. The number of cyclic esters (lactones) is 2. The maximum Gasteiger partial charge on any atom is 0.365 e. The number of hydrogen-bond acceptors (Lipinski definition) is 5. The van der Waals surface area contributed by atoms with Gasteiger partial charge in [-0.3, -0.25) is 4.79 Å². The van der Waals surface area contributed by atoms with Crippen molar-refractivity contribution in [2.75, 3.05) is 0 Å². The fourth-order valence-electron chi connectivity index (χ4n) is 1.37. The molecule has 0 aromatic carbocycles. The van der Waals surface area contributed by atoms with Gasteiger partial charge in [-0.15, -0.1) is 0 Å². The van der Waals surface area contributed by atoms with Crippen LogP contribution in [0, 0.1) is 0 Å². The van der Waals surface area contributed by atoms with Gasteiger partial charge < -0.3 is 4.74 Å². The summed E-state index contributed by atoms with van der Waals surface area (Å²) >= 11 is 0. The van der Waals surface area contributed by atoms with Crippen LogP contribution in [-0.2, 0) is 16.0 Å². The number of amides is 1. The van der Waals surface area contributed by atoms with Crippen molar-refractivity contribution in [3.05, 3.63) is 39.5 Å². The summed E-state index contributed by atoms with van der Waals surface area (Å²) in [5.74, 6) is -2.31.